The van der Waals surface area contributed by atoms with Gasteiger partial charge in [-0.15, -0.1) is 0 Å². The topological polar surface area (TPSA) is 87.0 Å². The Labute approximate surface area is 104 Å². The van der Waals surface area contributed by atoms with Crippen molar-refractivity contribution >= 4 is 11.5 Å². The van der Waals surface area contributed by atoms with Gasteiger partial charge in [-0.25, -0.2) is 0 Å². The van der Waals surface area contributed by atoms with E-state index in [0.717, 1.165) is 16.7 Å². The zero-order valence-corrected chi connectivity index (χ0v) is 10.5. The smallest absolute Gasteiger partial charge is 0.270 e. The van der Waals surface area contributed by atoms with Crippen LogP contribution < -0.4 is 5.73 Å². The Balaban J connectivity index is 2.66. The fourth-order valence-electron chi connectivity index (χ4n) is 1.88. The van der Waals surface area contributed by atoms with Gasteiger partial charge in [0.15, 0.2) is 0 Å². The van der Waals surface area contributed by atoms with E-state index in [1.807, 2.05) is 13.8 Å². The Morgan fingerprint density at radius 1 is 1.39 bits per heavy atom. The number of nitro benzene ring substituents is 1. The fourth-order valence-corrected chi connectivity index (χ4v) is 1.88. The number of hydrogen-bond acceptors (Lipinski definition) is 4. The fraction of sp³-hybridized carbons (Fsp3) is 0.250. The van der Waals surface area contributed by atoms with Crippen molar-refractivity contribution in [1.29, 1.82) is 0 Å². The number of non-ortho nitro benzene ring substituents is 1. The number of aromatic nitrogens is 2. The van der Waals surface area contributed by atoms with Crippen molar-refractivity contribution in [1.82, 2.24) is 9.78 Å². The highest BCUT2D eigenvalue weighted by Crippen LogP contribution is 2.31. The van der Waals surface area contributed by atoms with E-state index in [-0.39, 0.29) is 5.69 Å². The van der Waals surface area contributed by atoms with E-state index in [1.54, 1.807) is 17.8 Å². The SMILES string of the molecule is Cc1ccc([N+](=O)[O-])cc1-c1nn(C)c(N)c1C. The molecule has 0 fully saturated rings. The molecule has 0 saturated carbocycles. The maximum Gasteiger partial charge on any atom is 0.270 e. The van der Waals surface area contributed by atoms with E-state index in [1.165, 1.54) is 12.1 Å². The number of nitrogen functional groups attached to an aromatic ring is 1. The van der Waals surface area contributed by atoms with Gasteiger partial charge in [-0.2, -0.15) is 5.10 Å². The summed E-state index contributed by atoms with van der Waals surface area (Å²) < 4.78 is 1.57. The first kappa shape index (κ1) is 12.1. The highest BCUT2D eigenvalue weighted by atomic mass is 16.6. The highest BCUT2D eigenvalue weighted by molar-refractivity contribution is 5.72. The van der Waals surface area contributed by atoms with Crippen molar-refractivity contribution in [2.24, 2.45) is 7.05 Å². The molecule has 2 rings (SSSR count). The molecule has 0 amide bonds. The minimum Gasteiger partial charge on any atom is -0.384 e. The van der Waals surface area contributed by atoms with Crippen LogP contribution in [0.3, 0.4) is 0 Å². The lowest BCUT2D eigenvalue weighted by Crippen LogP contribution is -1.97. The average molecular weight is 246 g/mol. The zero-order chi connectivity index (χ0) is 13.4. The normalized spacial score (nSPS) is 10.6. The van der Waals surface area contributed by atoms with Gasteiger partial charge in [-0.3, -0.25) is 14.8 Å². The first-order valence-electron chi connectivity index (χ1n) is 5.46. The van der Waals surface area contributed by atoms with E-state index >= 15 is 0 Å². The summed E-state index contributed by atoms with van der Waals surface area (Å²) in [6.45, 7) is 3.75. The second kappa shape index (κ2) is 4.14. The second-order valence-corrected chi connectivity index (χ2v) is 4.24. The van der Waals surface area contributed by atoms with Crippen LogP contribution in [0.15, 0.2) is 18.2 Å². The summed E-state index contributed by atoms with van der Waals surface area (Å²) in [6.07, 6.45) is 0. The van der Waals surface area contributed by atoms with Crippen LogP contribution >= 0.6 is 0 Å². The zero-order valence-electron chi connectivity index (χ0n) is 10.5. The number of hydrogen-bond donors (Lipinski definition) is 1. The van der Waals surface area contributed by atoms with Crippen LogP contribution in [0.25, 0.3) is 11.3 Å². The quantitative estimate of drug-likeness (QED) is 0.650. The first-order valence-corrected chi connectivity index (χ1v) is 5.46. The Morgan fingerprint density at radius 2 is 2.06 bits per heavy atom. The van der Waals surface area contributed by atoms with Crippen molar-refractivity contribution in [3.63, 3.8) is 0 Å². The van der Waals surface area contributed by atoms with Gasteiger partial charge in [0, 0.05) is 30.3 Å². The molecule has 0 radical (unpaired) electrons. The van der Waals surface area contributed by atoms with E-state index in [0.29, 0.717) is 11.5 Å². The summed E-state index contributed by atoms with van der Waals surface area (Å²) in [5.41, 5.74) is 9.11. The van der Waals surface area contributed by atoms with Crippen LogP contribution in [0.2, 0.25) is 0 Å². The minimum absolute atomic E-state index is 0.0548. The Morgan fingerprint density at radius 3 is 2.56 bits per heavy atom. The first-order chi connectivity index (χ1) is 8.41. The lowest BCUT2D eigenvalue weighted by molar-refractivity contribution is -0.384. The van der Waals surface area contributed by atoms with Gasteiger partial charge in [-0.05, 0) is 19.4 Å². The second-order valence-electron chi connectivity index (χ2n) is 4.24. The van der Waals surface area contributed by atoms with Crippen LogP contribution in [0.5, 0.6) is 0 Å². The molecule has 1 aromatic heterocycles. The molecule has 0 aliphatic heterocycles. The van der Waals surface area contributed by atoms with E-state index in [4.69, 9.17) is 5.73 Å². The van der Waals surface area contributed by atoms with Crippen molar-refractivity contribution < 1.29 is 4.92 Å². The third-order valence-corrected chi connectivity index (χ3v) is 3.03. The third-order valence-electron chi connectivity index (χ3n) is 3.03. The number of benzene rings is 1. The van der Waals surface area contributed by atoms with Gasteiger partial charge < -0.3 is 5.73 Å². The van der Waals surface area contributed by atoms with Crippen molar-refractivity contribution in [3.8, 4) is 11.3 Å². The molecule has 6 heteroatoms. The summed E-state index contributed by atoms with van der Waals surface area (Å²) in [5.74, 6) is 0.566. The van der Waals surface area contributed by atoms with E-state index < -0.39 is 4.92 Å². The monoisotopic (exact) mass is 246 g/mol. The maximum atomic E-state index is 10.8. The standard InChI is InChI=1S/C12H14N4O2/c1-7-4-5-9(16(17)18)6-10(7)11-8(2)12(13)15(3)14-11/h4-6H,13H2,1-3H3. The summed E-state index contributed by atoms with van der Waals surface area (Å²) in [6, 6.07) is 4.74. The van der Waals surface area contributed by atoms with Gasteiger partial charge in [0.25, 0.3) is 5.69 Å². The molecule has 0 spiro atoms. The number of rotatable bonds is 2. The lowest BCUT2D eigenvalue weighted by atomic mass is 10.0. The molecule has 18 heavy (non-hydrogen) atoms. The maximum absolute atomic E-state index is 10.8. The number of anilines is 1. The van der Waals surface area contributed by atoms with Gasteiger partial charge in [-0.1, -0.05) is 6.07 Å². The number of nitrogens with zero attached hydrogens (tertiary/aromatic N) is 3. The lowest BCUT2D eigenvalue weighted by Gasteiger charge is -2.03. The molecule has 0 aliphatic carbocycles. The Kier molecular flexibility index (Phi) is 2.78. The van der Waals surface area contributed by atoms with Gasteiger partial charge >= 0.3 is 0 Å². The molecule has 6 nitrogen and oxygen atoms in total. The largest absolute Gasteiger partial charge is 0.384 e. The third kappa shape index (κ3) is 1.81. The summed E-state index contributed by atoms with van der Waals surface area (Å²) in [7, 11) is 1.75. The molecule has 0 bridgehead atoms. The minimum atomic E-state index is -0.412. The molecule has 0 aliphatic rings. The van der Waals surface area contributed by atoms with Crippen molar-refractivity contribution in [2.45, 2.75) is 13.8 Å². The van der Waals surface area contributed by atoms with E-state index in [2.05, 4.69) is 5.10 Å². The molecule has 94 valence electrons. The molecular formula is C12H14N4O2. The Bertz CT molecular complexity index is 631. The number of nitrogens with two attached hydrogens (primary N) is 1. The van der Waals surface area contributed by atoms with Crippen LogP contribution in [0.1, 0.15) is 11.1 Å². The summed E-state index contributed by atoms with van der Waals surface area (Å²) in [5, 5.41) is 15.1. The van der Waals surface area contributed by atoms with Crippen molar-refractivity contribution in [3.05, 3.63) is 39.4 Å². The predicted octanol–water partition coefficient (Wildman–Crippen LogP) is 2.19. The molecular weight excluding hydrogens is 232 g/mol. The van der Waals surface area contributed by atoms with Crippen LogP contribution in [0.4, 0.5) is 11.5 Å². The number of aryl methyl sites for hydroxylation is 2. The van der Waals surface area contributed by atoms with Crippen molar-refractivity contribution in [2.75, 3.05) is 5.73 Å². The summed E-state index contributed by atoms with van der Waals surface area (Å²) in [4.78, 5) is 10.4. The Hall–Kier alpha value is -2.37. The predicted molar refractivity (Wildman–Crippen MR) is 69.2 cm³/mol. The molecule has 2 aromatic rings. The molecule has 0 saturated heterocycles. The average Bonchev–Trinajstić information content (AvgIpc) is 2.57. The van der Waals surface area contributed by atoms with Crippen LogP contribution in [-0.4, -0.2) is 14.7 Å². The molecule has 0 atom stereocenters. The molecule has 1 aromatic carbocycles. The van der Waals surface area contributed by atoms with E-state index in [9.17, 15) is 10.1 Å². The van der Waals surface area contributed by atoms with Gasteiger partial charge in [0.2, 0.25) is 0 Å². The van der Waals surface area contributed by atoms with Crippen LogP contribution in [0, 0.1) is 24.0 Å². The van der Waals surface area contributed by atoms with Gasteiger partial charge in [0.1, 0.15) is 5.82 Å². The molecule has 2 N–H and O–H groups in total. The van der Waals surface area contributed by atoms with Crippen LogP contribution in [-0.2, 0) is 7.05 Å². The highest BCUT2D eigenvalue weighted by Gasteiger charge is 2.16. The van der Waals surface area contributed by atoms with Gasteiger partial charge in [0.05, 0.1) is 10.6 Å². The summed E-state index contributed by atoms with van der Waals surface area (Å²) >= 11 is 0. The molecule has 0 unspecified atom stereocenters. The molecule has 1 heterocycles. The number of nitro groups is 1.